The van der Waals surface area contributed by atoms with Gasteiger partial charge in [0.1, 0.15) is 5.75 Å². The van der Waals surface area contributed by atoms with E-state index in [9.17, 15) is 13.9 Å². The number of aliphatic imine (C=N–C) groups is 1. The molecule has 0 bridgehead atoms. The Bertz CT molecular complexity index is 724. The van der Waals surface area contributed by atoms with Gasteiger partial charge < -0.3 is 25.2 Å². The highest BCUT2D eigenvalue weighted by molar-refractivity contribution is 5.80. The fourth-order valence-corrected chi connectivity index (χ4v) is 5.08. The average molecular weight is 409 g/mol. The van der Waals surface area contributed by atoms with Crippen LogP contribution in [0.3, 0.4) is 0 Å². The third-order valence-corrected chi connectivity index (χ3v) is 6.58. The molecule has 2 aliphatic carbocycles. The van der Waals surface area contributed by atoms with Crippen molar-refractivity contribution in [2.24, 2.45) is 16.3 Å². The van der Waals surface area contributed by atoms with E-state index >= 15 is 0 Å². The van der Waals surface area contributed by atoms with Crippen molar-refractivity contribution in [3.05, 3.63) is 29.8 Å². The van der Waals surface area contributed by atoms with Crippen molar-refractivity contribution in [2.75, 3.05) is 19.7 Å². The summed E-state index contributed by atoms with van der Waals surface area (Å²) in [7, 11) is 0. The van der Waals surface area contributed by atoms with Crippen LogP contribution < -0.4 is 15.4 Å². The number of guanidine groups is 1. The van der Waals surface area contributed by atoms with Crippen molar-refractivity contribution in [2.45, 2.75) is 57.5 Å². The van der Waals surface area contributed by atoms with Gasteiger partial charge in [0.15, 0.2) is 5.96 Å². The van der Waals surface area contributed by atoms with E-state index in [0.717, 1.165) is 19.6 Å². The second kappa shape index (κ2) is 8.44. The molecule has 0 radical (unpaired) electrons. The van der Waals surface area contributed by atoms with E-state index in [-0.39, 0.29) is 17.7 Å². The van der Waals surface area contributed by atoms with Gasteiger partial charge in [0.05, 0.1) is 18.8 Å². The zero-order chi connectivity index (χ0) is 20.4. The van der Waals surface area contributed by atoms with Gasteiger partial charge in [-0.05, 0) is 43.9 Å². The third-order valence-electron chi connectivity index (χ3n) is 6.58. The van der Waals surface area contributed by atoms with Crippen molar-refractivity contribution in [1.82, 2.24) is 10.6 Å². The van der Waals surface area contributed by atoms with Gasteiger partial charge in [-0.2, -0.15) is 8.78 Å². The number of hydrogen-bond donors (Lipinski definition) is 3. The standard InChI is InChI=1S/C21H29F2N3O3/c1-2-24-20(26-17-15-8-11-28-18(15)21(17)9-3-10-21)25-12-16(27)13-4-6-14(7-5-13)29-19(22)23/h4-7,15-19,27H,2-3,8-12H2,1H3,(H2,24,25,26). The zero-order valence-corrected chi connectivity index (χ0v) is 16.6. The van der Waals surface area contributed by atoms with Gasteiger partial charge in [0.2, 0.25) is 0 Å². The van der Waals surface area contributed by atoms with Gasteiger partial charge in [-0.25, -0.2) is 0 Å². The fraction of sp³-hybridized carbons (Fsp3) is 0.667. The van der Waals surface area contributed by atoms with Crippen molar-refractivity contribution >= 4 is 5.96 Å². The molecular formula is C21H29F2N3O3. The molecule has 0 amide bonds. The molecule has 4 atom stereocenters. The minimum Gasteiger partial charge on any atom is -0.435 e. The lowest BCUT2D eigenvalue weighted by Crippen LogP contribution is -2.72. The van der Waals surface area contributed by atoms with Crippen LogP contribution in [0.15, 0.2) is 29.3 Å². The van der Waals surface area contributed by atoms with E-state index in [2.05, 4.69) is 20.4 Å². The molecule has 1 spiro atoms. The summed E-state index contributed by atoms with van der Waals surface area (Å²) in [4.78, 5) is 4.57. The van der Waals surface area contributed by atoms with Crippen LogP contribution in [0.2, 0.25) is 0 Å². The van der Waals surface area contributed by atoms with Crippen LogP contribution in [-0.4, -0.2) is 49.5 Å². The van der Waals surface area contributed by atoms with E-state index < -0.39 is 12.7 Å². The number of aliphatic hydroxyl groups excluding tert-OH is 1. The maximum atomic E-state index is 12.3. The fourth-order valence-electron chi connectivity index (χ4n) is 5.08. The summed E-state index contributed by atoms with van der Waals surface area (Å²) in [5, 5.41) is 17.3. The van der Waals surface area contributed by atoms with Crippen LogP contribution in [0, 0.1) is 11.3 Å². The molecule has 3 fully saturated rings. The number of alkyl halides is 2. The number of nitrogens with zero attached hydrogens (tertiary/aromatic N) is 1. The van der Waals surface area contributed by atoms with Crippen molar-refractivity contribution in [3.8, 4) is 5.75 Å². The van der Waals surface area contributed by atoms with E-state index in [1.165, 1.54) is 31.4 Å². The van der Waals surface area contributed by atoms with Gasteiger partial charge in [-0.1, -0.05) is 18.6 Å². The Labute approximate surface area is 169 Å². The van der Waals surface area contributed by atoms with Crippen LogP contribution in [0.5, 0.6) is 5.75 Å². The van der Waals surface area contributed by atoms with Gasteiger partial charge in [-0.3, -0.25) is 4.99 Å². The number of halogens is 2. The molecule has 2 saturated carbocycles. The molecule has 3 aliphatic rings. The summed E-state index contributed by atoms with van der Waals surface area (Å²) in [5.41, 5.74) is 0.853. The second-order valence-electron chi connectivity index (χ2n) is 8.14. The van der Waals surface area contributed by atoms with E-state index in [1.54, 1.807) is 12.1 Å². The van der Waals surface area contributed by atoms with E-state index in [4.69, 9.17) is 4.74 Å². The Kier molecular flexibility index (Phi) is 5.92. The van der Waals surface area contributed by atoms with Gasteiger partial charge in [0.25, 0.3) is 0 Å². The van der Waals surface area contributed by atoms with Crippen LogP contribution >= 0.6 is 0 Å². The van der Waals surface area contributed by atoms with Crippen LogP contribution in [0.25, 0.3) is 0 Å². The third kappa shape index (κ3) is 3.92. The summed E-state index contributed by atoms with van der Waals surface area (Å²) in [5.74, 6) is 1.30. The molecule has 3 N–H and O–H groups in total. The summed E-state index contributed by atoms with van der Waals surface area (Å²) in [6, 6.07) is 6.37. The number of fused-ring (bicyclic) bond motifs is 2. The Morgan fingerprint density at radius 1 is 1.34 bits per heavy atom. The maximum absolute atomic E-state index is 12.3. The molecule has 1 aliphatic heterocycles. The molecule has 6 nitrogen and oxygen atoms in total. The molecule has 1 saturated heterocycles. The van der Waals surface area contributed by atoms with E-state index in [0.29, 0.717) is 29.6 Å². The van der Waals surface area contributed by atoms with Crippen LogP contribution in [-0.2, 0) is 4.74 Å². The van der Waals surface area contributed by atoms with Crippen LogP contribution in [0.1, 0.15) is 44.3 Å². The topological polar surface area (TPSA) is 75.1 Å². The molecule has 29 heavy (non-hydrogen) atoms. The molecule has 0 aromatic heterocycles. The lowest BCUT2D eigenvalue weighted by atomic mass is 9.46. The first-order valence-corrected chi connectivity index (χ1v) is 10.4. The molecule has 4 unspecified atom stereocenters. The highest BCUT2D eigenvalue weighted by Crippen LogP contribution is 2.62. The summed E-state index contributed by atoms with van der Waals surface area (Å²) in [6.07, 6.45) is 4.28. The largest absolute Gasteiger partial charge is 0.435 e. The SMILES string of the molecule is CCNC(=NCC(O)c1ccc(OC(F)F)cc1)NC1C2CCOC2C12CCC2. The van der Waals surface area contributed by atoms with Crippen molar-refractivity contribution in [1.29, 1.82) is 0 Å². The first kappa shape index (κ1) is 20.3. The first-order chi connectivity index (χ1) is 14.0. The molecular weight excluding hydrogens is 380 g/mol. The quantitative estimate of drug-likeness (QED) is 0.477. The average Bonchev–Trinajstić information content (AvgIpc) is 3.07. The maximum Gasteiger partial charge on any atom is 0.387 e. The van der Waals surface area contributed by atoms with Crippen molar-refractivity contribution in [3.63, 3.8) is 0 Å². The highest BCUT2D eigenvalue weighted by atomic mass is 19.3. The first-order valence-electron chi connectivity index (χ1n) is 10.4. The van der Waals surface area contributed by atoms with Crippen molar-refractivity contribution < 1.29 is 23.4 Å². The normalized spacial score (nSPS) is 28.4. The Morgan fingerprint density at radius 3 is 2.72 bits per heavy atom. The molecule has 1 aromatic rings. The smallest absolute Gasteiger partial charge is 0.387 e. The number of ether oxygens (including phenoxy) is 2. The predicted octanol–water partition coefficient (Wildman–Crippen LogP) is 2.83. The second-order valence-corrected chi connectivity index (χ2v) is 8.14. The molecule has 1 aromatic carbocycles. The van der Waals surface area contributed by atoms with Gasteiger partial charge in [0, 0.05) is 30.5 Å². The van der Waals surface area contributed by atoms with Gasteiger partial charge >= 0.3 is 6.61 Å². The summed E-state index contributed by atoms with van der Waals surface area (Å²) < 4.78 is 34.8. The molecule has 1 heterocycles. The molecule has 8 heteroatoms. The highest BCUT2D eigenvalue weighted by Gasteiger charge is 2.66. The lowest BCUT2D eigenvalue weighted by molar-refractivity contribution is -0.171. The number of benzene rings is 1. The number of nitrogens with one attached hydrogen (secondary N) is 2. The summed E-state index contributed by atoms with van der Waals surface area (Å²) >= 11 is 0. The number of aliphatic hydroxyl groups is 1. The minimum absolute atomic E-state index is 0.0681. The van der Waals surface area contributed by atoms with Crippen LogP contribution in [0.4, 0.5) is 8.78 Å². The Hall–Kier alpha value is -1.93. The monoisotopic (exact) mass is 409 g/mol. The predicted molar refractivity (Wildman–Crippen MR) is 105 cm³/mol. The Balaban J connectivity index is 1.38. The van der Waals surface area contributed by atoms with Gasteiger partial charge in [-0.15, -0.1) is 0 Å². The Morgan fingerprint density at radius 2 is 2.10 bits per heavy atom. The van der Waals surface area contributed by atoms with E-state index in [1.807, 2.05) is 6.92 Å². The number of rotatable bonds is 7. The minimum atomic E-state index is -2.86. The lowest BCUT2D eigenvalue weighted by Gasteiger charge is -2.63. The summed E-state index contributed by atoms with van der Waals surface area (Å²) in [6.45, 7) is 0.893. The molecule has 4 rings (SSSR count). The number of hydrogen-bond acceptors (Lipinski definition) is 4. The molecule has 160 valence electrons. The zero-order valence-electron chi connectivity index (χ0n) is 16.6.